The SMILES string of the molecule is CC(C)(C)OC(=O)N1CCN(CCNS(=O)(=O)c2ccccc2[N+](=O)[O-])CC1. The van der Waals surface area contributed by atoms with Gasteiger partial charge < -0.3 is 9.64 Å². The average Bonchev–Trinajstić information content (AvgIpc) is 2.60. The number of nitrogens with zero attached hydrogens (tertiary/aromatic N) is 3. The van der Waals surface area contributed by atoms with E-state index in [4.69, 9.17) is 4.74 Å². The molecule has 1 fully saturated rings. The number of carbonyl (C=O) groups is 1. The maximum absolute atomic E-state index is 12.4. The molecule has 0 aromatic heterocycles. The maximum atomic E-state index is 12.4. The van der Waals surface area contributed by atoms with Crippen LogP contribution in [0.15, 0.2) is 29.2 Å². The molecule has 28 heavy (non-hydrogen) atoms. The van der Waals surface area contributed by atoms with Gasteiger partial charge in [-0.05, 0) is 26.8 Å². The Hall–Kier alpha value is -2.24. The van der Waals surface area contributed by atoms with Crippen molar-refractivity contribution in [3.05, 3.63) is 34.4 Å². The second-order valence-electron chi connectivity index (χ2n) is 7.43. The molecule has 10 nitrogen and oxygen atoms in total. The molecule has 0 saturated carbocycles. The Bertz CT molecular complexity index is 813. The molecule has 1 aromatic carbocycles. The summed E-state index contributed by atoms with van der Waals surface area (Å²) in [6, 6.07) is 5.23. The van der Waals surface area contributed by atoms with E-state index >= 15 is 0 Å². The third-order valence-electron chi connectivity index (χ3n) is 4.10. The van der Waals surface area contributed by atoms with Crippen molar-refractivity contribution < 1.29 is 22.9 Å². The summed E-state index contributed by atoms with van der Waals surface area (Å²) in [5, 5.41) is 11.0. The fraction of sp³-hybridized carbons (Fsp3) is 0.588. The largest absolute Gasteiger partial charge is 0.444 e. The van der Waals surface area contributed by atoms with Crippen molar-refractivity contribution in [1.82, 2.24) is 14.5 Å². The van der Waals surface area contributed by atoms with E-state index in [-0.39, 0.29) is 17.5 Å². The van der Waals surface area contributed by atoms with Gasteiger partial charge in [0.25, 0.3) is 5.69 Å². The summed E-state index contributed by atoms with van der Waals surface area (Å²) in [5.41, 5.74) is -1.01. The van der Waals surface area contributed by atoms with Gasteiger partial charge in [-0.15, -0.1) is 0 Å². The van der Waals surface area contributed by atoms with Crippen LogP contribution in [-0.2, 0) is 14.8 Å². The number of nitro groups is 1. The van der Waals surface area contributed by atoms with E-state index in [9.17, 15) is 23.3 Å². The smallest absolute Gasteiger partial charge is 0.410 e. The Kier molecular flexibility index (Phi) is 6.96. The molecule has 1 aliphatic rings. The van der Waals surface area contributed by atoms with E-state index in [1.165, 1.54) is 18.2 Å². The molecule has 11 heteroatoms. The van der Waals surface area contributed by atoms with Crippen molar-refractivity contribution in [2.24, 2.45) is 0 Å². The van der Waals surface area contributed by atoms with Gasteiger partial charge in [-0.2, -0.15) is 0 Å². The van der Waals surface area contributed by atoms with Crippen LogP contribution < -0.4 is 4.72 Å². The Labute approximate surface area is 164 Å². The number of amides is 1. The number of sulfonamides is 1. The van der Waals surface area contributed by atoms with Crippen molar-refractivity contribution in [2.75, 3.05) is 39.3 Å². The van der Waals surface area contributed by atoms with Crippen molar-refractivity contribution >= 4 is 21.8 Å². The highest BCUT2D eigenvalue weighted by molar-refractivity contribution is 7.89. The Balaban J connectivity index is 1.83. The van der Waals surface area contributed by atoms with E-state index in [0.717, 1.165) is 6.07 Å². The normalized spacial score (nSPS) is 16.0. The Morgan fingerprint density at radius 2 is 1.82 bits per heavy atom. The van der Waals surface area contributed by atoms with E-state index in [1.54, 1.807) is 4.90 Å². The molecule has 0 atom stereocenters. The summed E-state index contributed by atoms with van der Waals surface area (Å²) in [6.07, 6.45) is -0.357. The molecule has 1 heterocycles. The number of ether oxygens (including phenoxy) is 1. The topological polar surface area (TPSA) is 122 Å². The van der Waals surface area contributed by atoms with Gasteiger partial charge in [-0.25, -0.2) is 17.9 Å². The van der Waals surface area contributed by atoms with E-state index in [0.29, 0.717) is 32.7 Å². The molecular weight excluding hydrogens is 388 g/mol. The number of rotatable bonds is 6. The molecule has 1 saturated heterocycles. The summed E-state index contributed by atoms with van der Waals surface area (Å²) in [5.74, 6) is 0. The minimum atomic E-state index is -3.98. The lowest BCUT2D eigenvalue weighted by Gasteiger charge is -2.35. The van der Waals surface area contributed by atoms with Crippen molar-refractivity contribution in [1.29, 1.82) is 0 Å². The number of hydrogen-bond donors (Lipinski definition) is 1. The number of para-hydroxylation sites is 1. The summed E-state index contributed by atoms with van der Waals surface area (Å²) in [4.78, 5) is 25.6. The predicted molar refractivity (Wildman–Crippen MR) is 103 cm³/mol. The average molecular weight is 414 g/mol. The zero-order chi connectivity index (χ0) is 20.9. The van der Waals surface area contributed by atoms with Crippen LogP contribution in [0, 0.1) is 10.1 Å². The number of nitro benzene ring substituents is 1. The van der Waals surface area contributed by atoms with Crippen LogP contribution in [0.1, 0.15) is 20.8 Å². The van der Waals surface area contributed by atoms with Crippen LogP contribution in [0.3, 0.4) is 0 Å². The minimum Gasteiger partial charge on any atom is -0.444 e. The molecule has 0 unspecified atom stereocenters. The van der Waals surface area contributed by atoms with Crippen molar-refractivity contribution in [3.63, 3.8) is 0 Å². The number of carbonyl (C=O) groups excluding carboxylic acids is 1. The fourth-order valence-electron chi connectivity index (χ4n) is 2.73. The highest BCUT2D eigenvalue weighted by Crippen LogP contribution is 2.22. The van der Waals surface area contributed by atoms with Crippen molar-refractivity contribution in [2.45, 2.75) is 31.3 Å². The quantitative estimate of drug-likeness (QED) is 0.552. The minimum absolute atomic E-state index is 0.112. The maximum Gasteiger partial charge on any atom is 0.410 e. The van der Waals surface area contributed by atoms with Crippen molar-refractivity contribution in [3.8, 4) is 0 Å². The van der Waals surface area contributed by atoms with Gasteiger partial charge >= 0.3 is 6.09 Å². The van der Waals surface area contributed by atoms with Gasteiger partial charge in [0, 0.05) is 45.3 Å². The van der Waals surface area contributed by atoms with Crippen LogP contribution in [0.2, 0.25) is 0 Å². The Morgan fingerprint density at radius 1 is 1.21 bits per heavy atom. The number of piperazine rings is 1. The zero-order valence-corrected chi connectivity index (χ0v) is 17.1. The molecule has 1 N–H and O–H groups in total. The third-order valence-corrected chi connectivity index (χ3v) is 5.60. The number of hydrogen-bond acceptors (Lipinski definition) is 7. The second kappa shape index (κ2) is 8.84. The summed E-state index contributed by atoms with van der Waals surface area (Å²) in [7, 11) is -3.98. The van der Waals surface area contributed by atoms with E-state index in [2.05, 4.69) is 4.72 Å². The van der Waals surface area contributed by atoms with Crippen LogP contribution in [0.4, 0.5) is 10.5 Å². The highest BCUT2D eigenvalue weighted by Gasteiger charge is 2.27. The lowest BCUT2D eigenvalue weighted by atomic mass is 10.2. The summed E-state index contributed by atoms with van der Waals surface area (Å²) >= 11 is 0. The van der Waals surface area contributed by atoms with E-state index < -0.39 is 26.2 Å². The van der Waals surface area contributed by atoms with Crippen LogP contribution >= 0.6 is 0 Å². The monoisotopic (exact) mass is 414 g/mol. The van der Waals surface area contributed by atoms with Gasteiger partial charge in [0.2, 0.25) is 10.0 Å². The molecule has 0 aliphatic carbocycles. The summed E-state index contributed by atoms with van der Waals surface area (Å²) in [6.45, 7) is 8.14. The first-order chi connectivity index (χ1) is 13.0. The first-order valence-electron chi connectivity index (χ1n) is 8.93. The Morgan fingerprint density at radius 3 is 2.39 bits per heavy atom. The van der Waals surface area contributed by atoms with Gasteiger partial charge in [0.1, 0.15) is 5.60 Å². The number of nitrogens with one attached hydrogen (secondary N) is 1. The van der Waals surface area contributed by atoms with Crippen LogP contribution in [-0.4, -0.2) is 74.1 Å². The first kappa shape index (κ1) is 22.1. The molecular formula is C17H26N4O6S. The van der Waals surface area contributed by atoms with Gasteiger partial charge in [-0.3, -0.25) is 15.0 Å². The van der Waals surface area contributed by atoms with E-state index in [1.807, 2.05) is 25.7 Å². The molecule has 0 spiro atoms. The molecule has 0 bridgehead atoms. The zero-order valence-electron chi connectivity index (χ0n) is 16.3. The molecule has 0 radical (unpaired) electrons. The fourth-order valence-corrected chi connectivity index (χ4v) is 3.92. The third kappa shape index (κ3) is 6.14. The molecule has 1 aromatic rings. The molecule has 2 rings (SSSR count). The second-order valence-corrected chi connectivity index (χ2v) is 9.17. The number of benzene rings is 1. The standard InChI is InChI=1S/C17H26N4O6S/c1-17(2,3)27-16(22)20-12-10-19(11-13-20)9-8-18-28(25,26)15-7-5-4-6-14(15)21(23)24/h4-7,18H,8-13H2,1-3H3. The lowest BCUT2D eigenvalue weighted by Crippen LogP contribution is -2.51. The lowest BCUT2D eigenvalue weighted by molar-refractivity contribution is -0.387. The molecule has 1 amide bonds. The molecule has 156 valence electrons. The first-order valence-corrected chi connectivity index (χ1v) is 10.4. The summed E-state index contributed by atoms with van der Waals surface area (Å²) < 4.78 is 32.5. The van der Waals surface area contributed by atoms with Gasteiger partial charge in [0.05, 0.1) is 4.92 Å². The molecule has 1 aliphatic heterocycles. The highest BCUT2D eigenvalue weighted by atomic mass is 32.2. The van der Waals surface area contributed by atoms with Crippen LogP contribution in [0.5, 0.6) is 0 Å². The predicted octanol–water partition coefficient (Wildman–Crippen LogP) is 1.43. The van der Waals surface area contributed by atoms with Crippen LogP contribution in [0.25, 0.3) is 0 Å². The van der Waals surface area contributed by atoms with Gasteiger partial charge in [-0.1, -0.05) is 12.1 Å². The van der Waals surface area contributed by atoms with Gasteiger partial charge in [0.15, 0.2) is 4.90 Å².